The first kappa shape index (κ1) is 22.2. The first-order chi connectivity index (χ1) is 15.4. The Morgan fingerprint density at radius 1 is 1.09 bits per heavy atom. The lowest BCUT2D eigenvalue weighted by Gasteiger charge is -2.26. The molecular weight excluding hydrogens is 432 g/mol. The Morgan fingerprint density at radius 3 is 2.62 bits per heavy atom. The quantitative estimate of drug-likeness (QED) is 0.420. The van der Waals surface area contributed by atoms with Crippen LogP contribution in [-0.2, 0) is 0 Å². The third-order valence-electron chi connectivity index (χ3n) is 5.47. The van der Waals surface area contributed by atoms with Gasteiger partial charge < -0.3 is 15.1 Å². The summed E-state index contributed by atoms with van der Waals surface area (Å²) in [7, 11) is 0. The predicted octanol–water partition coefficient (Wildman–Crippen LogP) is 6.32. The topological polar surface area (TPSA) is 43.7 Å². The predicted molar refractivity (Wildman–Crippen MR) is 124 cm³/mol. The molecule has 0 saturated carbocycles. The van der Waals surface area contributed by atoms with Crippen LogP contribution in [0.5, 0.6) is 0 Å². The second-order valence-corrected chi connectivity index (χ2v) is 7.90. The molecule has 0 spiro atoms. The van der Waals surface area contributed by atoms with Gasteiger partial charge in [0, 0.05) is 28.6 Å². The number of fused-ring (bicyclic) bond motifs is 1. The fourth-order valence-electron chi connectivity index (χ4n) is 3.97. The molecule has 0 aromatic heterocycles. The summed E-state index contributed by atoms with van der Waals surface area (Å²) >= 11 is 6.75. The highest BCUT2D eigenvalue weighted by Crippen LogP contribution is 2.41. The normalized spacial score (nSPS) is 16.4. The average Bonchev–Trinajstić information content (AvgIpc) is 2.92. The number of hydrogen-bond acceptors (Lipinski definition) is 3. The Hall–Kier alpha value is -2.99. The zero-order valence-corrected chi connectivity index (χ0v) is 18.2. The summed E-state index contributed by atoms with van der Waals surface area (Å²) in [5, 5.41) is 19.2. The number of benzene rings is 2. The van der Waals surface area contributed by atoms with Gasteiger partial charge in [0.25, 0.3) is 0 Å². The van der Waals surface area contributed by atoms with Gasteiger partial charge in [0.1, 0.15) is 16.8 Å². The van der Waals surface area contributed by atoms with Crippen molar-refractivity contribution in [3.05, 3.63) is 106 Å². The van der Waals surface area contributed by atoms with Crippen molar-refractivity contribution in [2.45, 2.75) is 26.1 Å². The number of nitrogens with zero attached hydrogens (tertiary/aromatic N) is 1. The molecule has 0 bridgehead atoms. The molecule has 0 aliphatic carbocycles. The highest BCUT2D eigenvalue weighted by molar-refractivity contribution is 6.32. The van der Waals surface area contributed by atoms with Gasteiger partial charge in [0.2, 0.25) is 0 Å². The van der Waals surface area contributed by atoms with Gasteiger partial charge in [-0.15, -0.1) is 0 Å². The van der Waals surface area contributed by atoms with Crippen molar-refractivity contribution in [3.63, 3.8) is 0 Å². The van der Waals surface area contributed by atoms with Crippen LogP contribution in [0.15, 0.2) is 83.3 Å². The lowest BCUT2D eigenvalue weighted by molar-refractivity contribution is -0.00524. The molecule has 0 saturated heterocycles. The van der Waals surface area contributed by atoms with E-state index in [1.165, 1.54) is 18.2 Å². The van der Waals surface area contributed by atoms with Crippen LogP contribution in [0.2, 0.25) is 0 Å². The summed E-state index contributed by atoms with van der Waals surface area (Å²) in [6, 6.07) is 9.45. The van der Waals surface area contributed by atoms with Crippen LogP contribution in [0.1, 0.15) is 30.9 Å². The molecule has 4 rings (SSSR count). The van der Waals surface area contributed by atoms with E-state index < -0.39 is 17.9 Å². The Labute approximate surface area is 190 Å². The first-order valence-electron chi connectivity index (χ1n) is 10.3. The second kappa shape index (κ2) is 9.25. The van der Waals surface area contributed by atoms with E-state index >= 15 is 8.78 Å². The number of aliphatic hydroxyl groups excluding tert-OH is 1. The van der Waals surface area contributed by atoms with Gasteiger partial charge in [-0.05, 0) is 60.8 Å². The number of allylic oxidation sites excluding steroid dienone is 4. The zero-order valence-electron chi connectivity index (χ0n) is 17.4. The molecular formula is C26H22ClF2NO2. The van der Waals surface area contributed by atoms with Crippen molar-refractivity contribution >= 4 is 23.3 Å². The zero-order chi connectivity index (χ0) is 22.8. The van der Waals surface area contributed by atoms with Crippen LogP contribution in [0.4, 0.5) is 8.78 Å². The minimum absolute atomic E-state index is 0.259. The maximum absolute atomic E-state index is 15.2. The lowest BCUT2D eigenvalue weighted by atomic mass is 9.91. The summed E-state index contributed by atoms with van der Waals surface area (Å²) in [6.45, 7) is 1.85. The van der Waals surface area contributed by atoms with E-state index in [1.807, 2.05) is 19.1 Å². The van der Waals surface area contributed by atoms with E-state index in [2.05, 4.69) is 0 Å². The monoisotopic (exact) mass is 453 g/mol. The van der Waals surface area contributed by atoms with Crippen LogP contribution in [0.25, 0.3) is 22.8 Å². The van der Waals surface area contributed by atoms with E-state index in [1.54, 1.807) is 47.5 Å². The average molecular weight is 454 g/mol. The third kappa shape index (κ3) is 4.19. The minimum atomic E-state index is -1.61. The van der Waals surface area contributed by atoms with Crippen molar-refractivity contribution in [3.8, 4) is 11.1 Å². The largest absolute Gasteiger partial charge is 0.364 e. The molecule has 0 unspecified atom stereocenters. The fraction of sp³-hybridized carbons (Fsp3) is 0.154. The van der Waals surface area contributed by atoms with E-state index in [9.17, 15) is 10.2 Å². The van der Waals surface area contributed by atoms with Gasteiger partial charge >= 0.3 is 0 Å². The van der Waals surface area contributed by atoms with Crippen LogP contribution in [0.3, 0.4) is 0 Å². The van der Waals surface area contributed by atoms with Gasteiger partial charge in [-0.3, -0.25) is 0 Å². The van der Waals surface area contributed by atoms with Crippen molar-refractivity contribution in [1.29, 1.82) is 0 Å². The maximum Gasteiger partial charge on any atom is 0.178 e. The second-order valence-electron chi connectivity index (χ2n) is 7.54. The Kier molecular flexibility index (Phi) is 6.42. The molecule has 2 aromatic carbocycles. The van der Waals surface area contributed by atoms with E-state index in [4.69, 9.17) is 11.6 Å². The molecule has 0 amide bonds. The molecule has 2 aliphatic heterocycles. The summed E-state index contributed by atoms with van der Waals surface area (Å²) in [4.78, 5) is 1.66. The van der Waals surface area contributed by atoms with Crippen LogP contribution < -0.4 is 0 Å². The molecule has 32 heavy (non-hydrogen) atoms. The molecule has 2 N–H and O–H groups in total. The van der Waals surface area contributed by atoms with Crippen molar-refractivity contribution in [2.24, 2.45) is 0 Å². The summed E-state index contributed by atoms with van der Waals surface area (Å²) in [5.41, 5.74) is 3.24. The maximum atomic E-state index is 15.2. The molecule has 2 aliphatic rings. The van der Waals surface area contributed by atoms with E-state index in [0.29, 0.717) is 40.8 Å². The summed E-state index contributed by atoms with van der Waals surface area (Å²) < 4.78 is 30.2. The smallest absolute Gasteiger partial charge is 0.178 e. The summed E-state index contributed by atoms with van der Waals surface area (Å²) in [5.74, 6) is -0.932. The van der Waals surface area contributed by atoms with Crippen molar-refractivity contribution in [1.82, 2.24) is 4.90 Å². The molecule has 2 aromatic rings. The third-order valence-corrected chi connectivity index (χ3v) is 5.88. The Bertz CT molecular complexity index is 1210. The lowest BCUT2D eigenvalue weighted by Crippen LogP contribution is -2.19. The molecule has 3 nitrogen and oxygen atoms in total. The van der Waals surface area contributed by atoms with Crippen LogP contribution >= 0.6 is 11.6 Å². The minimum Gasteiger partial charge on any atom is -0.364 e. The van der Waals surface area contributed by atoms with Gasteiger partial charge in [-0.1, -0.05) is 54.1 Å². The molecule has 0 fully saturated rings. The molecule has 0 radical (unpaired) electrons. The Morgan fingerprint density at radius 2 is 1.91 bits per heavy atom. The number of rotatable bonds is 4. The molecule has 0 atom stereocenters. The Balaban J connectivity index is 1.84. The van der Waals surface area contributed by atoms with Gasteiger partial charge in [-0.25, -0.2) is 8.78 Å². The van der Waals surface area contributed by atoms with Gasteiger partial charge in [0.05, 0.1) is 0 Å². The van der Waals surface area contributed by atoms with Gasteiger partial charge in [-0.2, -0.15) is 0 Å². The van der Waals surface area contributed by atoms with Crippen molar-refractivity contribution < 1.29 is 19.0 Å². The number of hydrogen-bond donors (Lipinski definition) is 2. The van der Waals surface area contributed by atoms with Crippen LogP contribution in [0, 0.1) is 11.6 Å². The number of aliphatic hydroxyl groups is 2. The fourth-order valence-corrected chi connectivity index (χ4v) is 4.32. The SMILES string of the molecule is C/C=C/c1ccc(-c2cccc(F)c2C2=C(Cl)N3C=CC(C(O)O)=CC3=CCC2)c(F)c1. The summed E-state index contributed by atoms with van der Waals surface area (Å²) in [6.07, 6.45) is 9.67. The van der Waals surface area contributed by atoms with Crippen molar-refractivity contribution in [2.75, 3.05) is 0 Å². The van der Waals surface area contributed by atoms with E-state index in [0.717, 1.165) is 5.56 Å². The number of halogens is 3. The standard InChI is InChI=1S/C26H22ClF2NO2/c1-2-5-16-10-11-19(23(29)14-16)20-7-4-9-22(28)24(20)21-8-3-6-18-15-17(26(31)32)12-13-30(18)25(21)27/h2,4-7,9-15,26,31-32H,3,8H2,1H3/b5-2+. The molecule has 164 valence electrons. The highest BCUT2D eigenvalue weighted by Gasteiger charge is 2.26. The van der Waals surface area contributed by atoms with E-state index in [-0.39, 0.29) is 10.7 Å². The molecule has 2 heterocycles. The highest BCUT2D eigenvalue weighted by atomic mass is 35.5. The van der Waals surface area contributed by atoms with Crippen LogP contribution in [-0.4, -0.2) is 21.4 Å². The molecule has 6 heteroatoms. The first-order valence-corrected chi connectivity index (χ1v) is 10.6. The van der Waals surface area contributed by atoms with Gasteiger partial charge in [0.15, 0.2) is 6.29 Å².